The van der Waals surface area contributed by atoms with E-state index in [-0.39, 0.29) is 17.5 Å². The van der Waals surface area contributed by atoms with Gasteiger partial charge in [-0.25, -0.2) is 9.50 Å². The lowest BCUT2D eigenvalue weighted by molar-refractivity contribution is 0.200. The number of H-pyrrole nitrogens is 1. The predicted octanol–water partition coefficient (Wildman–Crippen LogP) is 4.23. The van der Waals surface area contributed by atoms with Crippen molar-refractivity contribution in [3.8, 4) is 11.4 Å². The minimum absolute atomic E-state index is 0.0406. The third kappa shape index (κ3) is 5.40. The van der Waals surface area contributed by atoms with E-state index < -0.39 is 6.10 Å². The number of aromatic nitrogens is 4. The monoisotopic (exact) mass is 480 g/mol. The molecule has 0 bridgehead atoms. The average molecular weight is 481 g/mol. The largest absolute Gasteiger partial charge is 0.389 e. The van der Waals surface area contributed by atoms with Crippen LogP contribution >= 0.6 is 11.6 Å². The molecule has 4 N–H and O–H groups in total. The highest BCUT2D eigenvalue weighted by Gasteiger charge is 2.16. The molecule has 0 fully saturated rings. The van der Waals surface area contributed by atoms with Crippen molar-refractivity contribution in [3.05, 3.63) is 75.0 Å². The van der Waals surface area contributed by atoms with Gasteiger partial charge in [0.05, 0.1) is 6.10 Å². The van der Waals surface area contributed by atoms with Crippen molar-refractivity contribution in [2.24, 2.45) is 0 Å². The number of aliphatic hydroxyl groups excluding tert-OH is 1. The van der Waals surface area contributed by atoms with Gasteiger partial charge in [0, 0.05) is 35.4 Å². The van der Waals surface area contributed by atoms with Crippen molar-refractivity contribution in [1.29, 1.82) is 0 Å². The lowest BCUT2D eigenvalue weighted by Gasteiger charge is -2.19. The first kappa shape index (κ1) is 23.8. The number of hydrogen-bond donors (Lipinski definition) is 4. The van der Waals surface area contributed by atoms with Gasteiger partial charge in [-0.3, -0.25) is 9.89 Å². The van der Waals surface area contributed by atoms with Gasteiger partial charge in [0.1, 0.15) is 0 Å². The van der Waals surface area contributed by atoms with E-state index in [1.807, 2.05) is 37.3 Å². The van der Waals surface area contributed by atoms with Crippen LogP contribution in [0.2, 0.25) is 5.02 Å². The number of fused-ring (bicyclic) bond motifs is 1. The molecule has 8 nitrogen and oxygen atoms in total. The Kier molecular flexibility index (Phi) is 6.63. The fourth-order valence-electron chi connectivity index (χ4n) is 3.55. The van der Waals surface area contributed by atoms with Crippen LogP contribution in [-0.2, 0) is 5.41 Å². The van der Waals surface area contributed by atoms with E-state index in [2.05, 4.69) is 58.6 Å². The zero-order valence-corrected chi connectivity index (χ0v) is 20.4. The summed E-state index contributed by atoms with van der Waals surface area (Å²) in [5.41, 5.74) is 4.09. The van der Waals surface area contributed by atoms with Gasteiger partial charge in [-0.1, -0.05) is 56.6 Å². The van der Waals surface area contributed by atoms with Gasteiger partial charge in [0.25, 0.3) is 5.56 Å². The van der Waals surface area contributed by atoms with Gasteiger partial charge >= 0.3 is 0 Å². The Hall–Kier alpha value is -3.36. The van der Waals surface area contributed by atoms with E-state index in [0.717, 1.165) is 16.8 Å². The maximum Gasteiger partial charge on any atom is 0.266 e. The number of hydrogen-bond acceptors (Lipinski definition) is 6. The summed E-state index contributed by atoms with van der Waals surface area (Å²) < 4.78 is 1.48. The molecule has 0 spiro atoms. The minimum Gasteiger partial charge on any atom is -0.389 e. The molecule has 1 unspecified atom stereocenters. The molecule has 2 aromatic heterocycles. The van der Waals surface area contributed by atoms with Crippen molar-refractivity contribution < 1.29 is 5.11 Å². The molecule has 4 rings (SSSR count). The van der Waals surface area contributed by atoms with Crippen LogP contribution in [-0.4, -0.2) is 43.9 Å². The van der Waals surface area contributed by atoms with Crippen molar-refractivity contribution in [1.82, 2.24) is 19.6 Å². The lowest BCUT2D eigenvalue weighted by atomic mass is 9.87. The van der Waals surface area contributed by atoms with Crippen LogP contribution in [0.5, 0.6) is 0 Å². The van der Waals surface area contributed by atoms with E-state index in [1.165, 1.54) is 16.1 Å². The third-order valence-corrected chi connectivity index (χ3v) is 5.98. The number of aromatic amines is 1. The highest BCUT2D eigenvalue weighted by Crippen LogP contribution is 2.25. The van der Waals surface area contributed by atoms with E-state index in [4.69, 9.17) is 11.6 Å². The fraction of sp³-hybridized carbons (Fsp3) is 0.320. The average Bonchev–Trinajstić information content (AvgIpc) is 3.18. The first-order chi connectivity index (χ1) is 16.1. The van der Waals surface area contributed by atoms with Crippen molar-refractivity contribution in [3.63, 3.8) is 0 Å². The second-order valence-corrected chi connectivity index (χ2v) is 9.80. The molecule has 2 aromatic carbocycles. The Bertz CT molecular complexity index is 1350. The summed E-state index contributed by atoms with van der Waals surface area (Å²) in [6, 6.07) is 15.1. The molecule has 1 atom stereocenters. The summed E-state index contributed by atoms with van der Waals surface area (Å²) in [4.78, 5) is 21.1. The van der Waals surface area contributed by atoms with Gasteiger partial charge in [-0.05, 0) is 41.7 Å². The molecule has 34 heavy (non-hydrogen) atoms. The number of nitrogens with zero attached hydrogens (tertiary/aromatic N) is 3. The van der Waals surface area contributed by atoms with E-state index in [9.17, 15) is 9.90 Å². The van der Waals surface area contributed by atoms with Gasteiger partial charge in [-0.2, -0.15) is 4.98 Å². The van der Waals surface area contributed by atoms with Crippen LogP contribution in [0, 0.1) is 6.92 Å². The third-order valence-electron chi connectivity index (χ3n) is 5.56. The molecular formula is C25H29ClN6O2. The molecule has 9 heteroatoms. The second-order valence-electron chi connectivity index (χ2n) is 9.39. The molecular weight excluding hydrogens is 452 g/mol. The standard InChI is InChI=1S/C25H29ClN6O2/c1-15-11-18(9-10-20(15)26)27-13-19(33)14-28-24-30-23(29-21-12-22(34)31-32(21)24)16-5-7-17(8-6-16)25(2,3)4/h5-12,19,27,33H,13-14H2,1-4H3,(H,31,34)(H,28,29,30). The van der Waals surface area contributed by atoms with Gasteiger partial charge in [-0.15, -0.1) is 0 Å². The van der Waals surface area contributed by atoms with E-state index >= 15 is 0 Å². The first-order valence-corrected chi connectivity index (χ1v) is 11.5. The smallest absolute Gasteiger partial charge is 0.266 e. The van der Waals surface area contributed by atoms with E-state index in [0.29, 0.717) is 29.0 Å². The second kappa shape index (κ2) is 9.48. The van der Waals surface area contributed by atoms with Crippen molar-refractivity contribution >= 4 is 28.9 Å². The molecule has 178 valence electrons. The molecule has 2 heterocycles. The number of anilines is 2. The van der Waals surface area contributed by atoms with Crippen LogP contribution in [0.1, 0.15) is 31.9 Å². The summed E-state index contributed by atoms with van der Waals surface area (Å²) in [6.07, 6.45) is -0.710. The summed E-state index contributed by atoms with van der Waals surface area (Å²) in [6.45, 7) is 8.95. The topological polar surface area (TPSA) is 107 Å². The number of nitrogens with one attached hydrogen (secondary N) is 3. The Balaban J connectivity index is 1.51. The zero-order valence-electron chi connectivity index (χ0n) is 19.7. The minimum atomic E-state index is -0.710. The van der Waals surface area contributed by atoms with Crippen LogP contribution < -0.4 is 16.2 Å². The highest BCUT2D eigenvalue weighted by atomic mass is 35.5. The number of aliphatic hydroxyl groups is 1. The Morgan fingerprint density at radius 3 is 2.44 bits per heavy atom. The van der Waals surface area contributed by atoms with E-state index in [1.54, 1.807) is 0 Å². The van der Waals surface area contributed by atoms with Crippen LogP contribution in [0.3, 0.4) is 0 Å². The predicted molar refractivity (Wildman–Crippen MR) is 137 cm³/mol. The fourth-order valence-corrected chi connectivity index (χ4v) is 3.67. The number of aryl methyl sites for hydroxylation is 1. The van der Waals surface area contributed by atoms with Crippen LogP contribution in [0.15, 0.2) is 53.3 Å². The molecule has 0 saturated carbocycles. The molecule has 0 radical (unpaired) electrons. The van der Waals surface area contributed by atoms with Gasteiger partial charge in [0.15, 0.2) is 11.5 Å². The van der Waals surface area contributed by atoms with Gasteiger partial charge in [0.2, 0.25) is 5.95 Å². The summed E-state index contributed by atoms with van der Waals surface area (Å²) in [5.74, 6) is 0.884. The lowest BCUT2D eigenvalue weighted by Crippen LogP contribution is -2.28. The summed E-state index contributed by atoms with van der Waals surface area (Å²) in [7, 11) is 0. The summed E-state index contributed by atoms with van der Waals surface area (Å²) >= 11 is 6.07. The molecule has 0 aliphatic carbocycles. The van der Waals surface area contributed by atoms with Crippen molar-refractivity contribution in [2.45, 2.75) is 39.2 Å². The SMILES string of the molecule is Cc1cc(NCC(O)CNc2nc(-c3ccc(C(C)(C)C)cc3)nc3cc(=O)[nH]n23)ccc1Cl. The molecule has 0 saturated heterocycles. The maximum atomic E-state index is 12.0. The maximum absolute atomic E-state index is 12.0. The Labute approximate surface area is 203 Å². The van der Waals surface area contributed by atoms with Crippen LogP contribution in [0.4, 0.5) is 11.6 Å². The van der Waals surface area contributed by atoms with Crippen molar-refractivity contribution in [2.75, 3.05) is 23.7 Å². The Morgan fingerprint density at radius 2 is 1.76 bits per heavy atom. The highest BCUT2D eigenvalue weighted by molar-refractivity contribution is 6.31. The summed E-state index contributed by atoms with van der Waals surface area (Å²) in [5, 5.41) is 20.2. The van der Waals surface area contributed by atoms with Gasteiger partial charge < -0.3 is 15.7 Å². The number of benzene rings is 2. The zero-order chi connectivity index (χ0) is 24.5. The molecule has 0 amide bonds. The first-order valence-electron chi connectivity index (χ1n) is 11.1. The Morgan fingerprint density at radius 1 is 1.06 bits per heavy atom. The number of rotatable bonds is 7. The molecule has 4 aromatic rings. The normalized spacial score (nSPS) is 12.6. The van der Waals surface area contributed by atoms with Crippen LogP contribution in [0.25, 0.3) is 17.0 Å². The number of halogens is 1. The molecule has 0 aliphatic rings. The quantitative estimate of drug-likeness (QED) is 0.315. The molecule has 0 aliphatic heterocycles.